The van der Waals surface area contributed by atoms with E-state index in [1.54, 1.807) is 29.8 Å². The summed E-state index contributed by atoms with van der Waals surface area (Å²) in [6.07, 6.45) is 1.09. The highest BCUT2D eigenvalue weighted by Crippen LogP contribution is 2.21. The van der Waals surface area contributed by atoms with Crippen LogP contribution in [0.25, 0.3) is 10.2 Å². The standard InChI is InChI=1S/C19H21N3O4S2/c1-13-4-6-14(7-5-13)11-22(28(3,25)26)12-18(23)20-15-8-9-16-17(10-15)27-19(24)21(16)2/h4-10H,11-12H2,1-3H3,(H,20,23). The molecule has 1 amide bonds. The summed E-state index contributed by atoms with van der Waals surface area (Å²) in [7, 11) is -1.88. The first-order chi connectivity index (χ1) is 13.1. The summed E-state index contributed by atoms with van der Waals surface area (Å²) in [5.74, 6) is -0.444. The molecule has 3 aromatic rings. The number of aromatic nitrogens is 1. The number of nitrogens with zero attached hydrogens (tertiary/aromatic N) is 2. The number of anilines is 1. The summed E-state index contributed by atoms with van der Waals surface area (Å²) in [4.78, 5) is 24.1. The molecule has 0 fully saturated rings. The third-order valence-electron chi connectivity index (χ3n) is 4.34. The molecule has 0 radical (unpaired) electrons. The van der Waals surface area contributed by atoms with E-state index in [1.165, 1.54) is 0 Å². The van der Waals surface area contributed by atoms with Crippen molar-refractivity contribution in [2.75, 3.05) is 18.1 Å². The molecule has 0 aliphatic heterocycles. The zero-order valence-corrected chi connectivity index (χ0v) is 17.4. The molecule has 0 unspecified atom stereocenters. The van der Waals surface area contributed by atoms with Crippen molar-refractivity contribution < 1.29 is 13.2 Å². The molecule has 28 heavy (non-hydrogen) atoms. The van der Waals surface area contributed by atoms with Gasteiger partial charge in [0.05, 0.1) is 23.0 Å². The minimum Gasteiger partial charge on any atom is -0.325 e. The number of nitrogens with one attached hydrogen (secondary N) is 1. The Morgan fingerprint density at radius 2 is 1.86 bits per heavy atom. The van der Waals surface area contributed by atoms with Crippen LogP contribution in [-0.4, -0.2) is 36.0 Å². The zero-order chi connectivity index (χ0) is 20.5. The molecule has 7 nitrogen and oxygen atoms in total. The van der Waals surface area contributed by atoms with E-state index in [4.69, 9.17) is 0 Å². The van der Waals surface area contributed by atoms with Crippen molar-refractivity contribution in [1.82, 2.24) is 8.87 Å². The van der Waals surface area contributed by atoms with Crippen molar-refractivity contribution in [3.63, 3.8) is 0 Å². The Kier molecular flexibility index (Phi) is 5.69. The van der Waals surface area contributed by atoms with Gasteiger partial charge < -0.3 is 9.88 Å². The smallest absolute Gasteiger partial charge is 0.307 e. The highest BCUT2D eigenvalue weighted by molar-refractivity contribution is 7.88. The van der Waals surface area contributed by atoms with Crippen molar-refractivity contribution in [1.29, 1.82) is 0 Å². The lowest BCUT2D eigenvalue weighted by atomic mass is 10.1. The Balaban J connectivity index is 1.74. The number of thiazole rings is 1. The number of amides is 1. The first-order valence-electron chi connectivity index (χ1n) is 8.53. The highest BCUT2D eigenvalue weighted by Gasteiger charge is 2.21. The summed E-state index contributed by atoms with van der Waals surface area (Å²) >= 11 is 1.09. The average Bonchev–Trinajstić information content (AvgIpc) is 2.89. The van der Waals surface area contributed by atoms with E-state index < -0.39 is 15.9 Å². The zero-order valence-electron chi connectivity index (χ0n) is 15.8. The van der Waals surface area contributed by atoms with Gasteiger partial charge in [0.2, 0.25) is 15.9 Å². The van der Waals surface area contributed by atoms with E-state index in [9.17, 15) is 18.0 Å². The van der Waals surface area contributed by atoms with Gasteiger partial charge in [-0.25, -0.2) is 8.42 Å². The van der Waals surface area contributed by atoms with Gasteiger partial charge in [0.25, 0.3) is 0 Å². The monoisotopic (exact) mass is 419 g/mol. The third-order valence-corrected chi connectivity index (χ3v) is 6.54. The lowest BCUT2D eigenvalue weighted by molar-refractivity contribution is -0.116. The number of hydrogen-bond donors (Lipinski definition) is 1. The molecule has 0 aliphatic carbocycles. The lowest BCUT2D eigenvalue weighted by Crippen LogP contribution is -2.36. The average molecular weight is 420 g/mol. The molecule has 1 aromatic heterocycles. The van der Waals surface area contributed by atoms with Crippen LogP contribution in [0, 0.1) is 6.92 Å². The largest absolute Gasteiger partial charge is 0.325 e. The van der Waals surface area contributed by atoms with Crippen LogP contribution in [0.3, 0.4) is 0 Å². The van der Waals surface area contributed by atoms with Crippen LogP contribution in [0.5, 0.6) is 0 Å². The van der Waals surface area contributed by atoms with Crippen molar-refractivity contribution in [3.8, 4) is 0 Å². The molecule has 0 saturated heterocycles. The minimum atomic E-state index is -3.57. The molecule has 0 spiro atoms. The fourth-order valence-corrected chi connectivity index (χ4v) is 4.41. The quantitative estimate of drug-likeness (QED) is 0.664. The van der Waals surface area contributed by atoms with Crippen LogP contribution in [-0.2, 0) is 28.4 Å². The van der Waals surface area contributed by atoms with Crippen LogP contribution in [0.4, 0.5) is 5.69 Å². The van der Waals surface area contributed by atoms with Crippen LogP contribution in [0.1, 0.15) is 11.1 Å². The van der Waals surface area contributed by atoms with Crippen LogP contribution in [0.15, 0.2) is 47.3 Å². The first kappa shape index (κ1) is 20.2. The Labute approximate surface area is 167 Å². The molecule has 0 atom stereocenters. The van der Waals surface area contributed by atoms with Gasteiger partial charge in [0, 0.05) is 19.3 Å². The Morgan fingerprint density at radius 3 is 2.50 bits per heavy atom. The van der Waals surface area contributed by atoms with E-state index in [0.717, 1.165) is 43.2 Å². The van der Waals surface area contributed by atoms with Crippen molar-refractivity contribution in [2.24, 2.45) is 7.05 Å². The van der Waals surface area contributed by atoms with E-state index in [-0.39, 0.29) is 18.0 Å². The van der Waals surface area contributed by atoms with Crippen LogP contribution < -0.4 is 10.2 Å². The van der Waals surface area contributed by atoms with Gasteiger partial charge in [0.15, 0.2) is 0 Å². The molecule has 0 bridgehead atoms. The normalized spacial score (nSPS) is 11.9. The second-order valence-electron chi connectivity index (χ2n) is 6.67. The van der Waals surface area contributed by atoms with Gasteiger partial charge in [-0.1, -0.05) is 41.2 Å². The van der Waals surface area contributed by atoms with Gasteiger partial charge in [-0.3, -0.25) is 9.59 Å². The van der Waals surface area contributed by atoms with Gasteiger partial charge in [-0.2, -0.15) is 4.31 Å². The van der Waals surface area contributed by atoms with E-state index in [0.29, 0.717) is 5.69 Å². The molecular formula is C19H21N3O4S2. The summed E-state index contributed by atoms with van der Waals surface area (Å²) in [5.41, 5.74) is 3.18. The van der Waals surface area contributed by atoms with Gasteiger partial charge in [0.1, 0.15) is 0 Å². The Bertz CT molecular complexity index is 1180. The van der Waals surface area contributed by atoms with E-state index >= 15 is 0 Å². The summed E-state index contributed by atoms with van der Waals surface area (Å²) in [6, 6.07) is 12.6. The second kappa shape index (κ2) is 7.86. The maximum atomic E-state index is 12.4. The predicted molar refractivity (Wildman–Crippen MR) is 112 cm³/mol. The Morgan fingerprint density at radius 1 is 1.18 bits per heavy atom. The summed E-state index contributed by atoms with van der Waals surface area (Å²) in [5, 5.41) is 2.71. The molecule has 2 aromatic carbocycles. The molecule has 148 valence electrons. The number of benzene rings is 2. The topological polar surface area (TPSA) is 88.5 Å². The van der Waals surface area contributed by atoms with Gasteiger partial charge in [-0.05, 0) is 30.7 Å². The molecule has 0 saturated carbocycles. The number of aryl methyl sites for hydroxylation is 2. The molecule has 1 heterocycles. The number of fused-ring (bicyclic) bond motifs is 1. The van der Waals surface area contributed by atoms with Crippen molar-refractivity contribution in [3.05, 3.63) is 63.3 Å². The van der Waals surface area contributed by atoms with Gasteiger partial charge >= 0.3 is 4.87 Å². The van der Waals surface area contributed by atoms with Crippen LogP contribution in [0.2, 0.25) is 0 Å². The molecule has 3 rings (SSSR count). The maximum absolute atomic E-state index is 12.4. The minimum absolute atomic E-state index is 0.0835. The SMILES string of the molecule is Cc1ccc(CN(CC(=O)Nc2ccc3c(c2)sc(=O)n3C)S(C)(=O)=O)cc1. The fraction of sp³-hybridized carbons (Fsp3) is 0.263. The number of carbonyl (C=O) groups is 1. The second-order valence-corrected chi connectivity index (χ2v) is 9.65. The number of sulfonamides is 1. The molecule has 0 aliphatic rings. The molecule has 1 N–H and O–H groups in total. The predicted octanol–water partition coefficient (Wildman–Crippen LogP) is 2.31. The molecular weight excluding hydrogens is 398 g/mol. The number of hydrogen-bond acceptors (Lipinski definition) is 5. The van der Waals surface area contributed by atoms with Gasteiger partial charge in [-0.15, -0.1) is 0 Å². The Hall–Kier alpha value is -2.49. The number of rotatable bonds is 6. The first-order valence-corrected chi connectivity index (χ1v) is 11.2. The van der Waals surface area contributed by atoms with Crippen LogP contribution >= 0.6 is 11.3 Å². The van der Waals surface area contributed by atoms with Crippen molar-refractivity contribution in [2.45, 2.75) is 13.5 Å². The maximum Gasteiger partial charge on any atom is 0.307 e. The van der Waals surface area contributed by atoms with E-state index in [2.05, 4.69) is 5.32 Å². The summed E-state index contributed by atoms with van der Waals surface area (Å²) in [6.45, 7) is 1.77. The lowest BCUT2D eigenvalue weighted by Gasteiger charge is -2.19. The summed E-state index contributed by atoms with van der Waals surface area (Å²) < 4.78 is 27.7. The number of carbonyl (C=O) groups excluding carboxylic acids is 1. The fourth-order valence-electron chi connectivity index (χ4n) is 2.76. The highest BCUT2D eigenvalue weighted by atomic mass is 32.2. The third kappa shape index (κ3) is 4.67. The van der Waals surface area contributed by atoms with Crippen molar-refractivity contribution >= 4 is 43.2 Å². The van der Waals surface area contributed by atoms with E-state index in [1.807, 2.05) is 31.2 Å². The molecule has 9 heteroatoms.